The lowest BCUT2D eigenvalue weighted by Crippen LogP contribution is -2.40. The fraction of sp³-hybridized carbons (Fsp3) is 0.538. The molecule has 0 amide bonds. The molecule has 22 heavy (non-hydrogen) atoms. The number of nitrogens with zero attached hydrogens (tertiary/aromatic N) is 1. The van der Waals surface area contributed by atoms with Crippen molar-refractivity contribution in [2.45, 2.75) is 37.1 Å². The molecule has 0 aliphatic carbocycles. The van der Waals surface area contributed by atoms with Crippen LogP contribution in [0.2, 0.25) is 0 Å². The van der Waals surface area contributed by atoms with E-state index in [9.17, 15) is 18.5 Å². The molecular formula is C13H21N3O5S. The number of hydrogen-bond donors (Lipinski definition) is 2. The predicted molar refractivity (Wildman–Crippen MR) is 82.3 cm³/mol. The summed E-state index contributed by atoms with van der Waals surface area (Å²) in [5.74, 6) is -0.0760. The van der Waals surface area contributed by atoms with Gasteiger partial charge in [-0.3, -0.25) is 10.1 Å². The van der Waals surface area contributed by atoms with Crippen molar-refractivity contribution >= 4 is 15.7 Å². The second-order valence-corrected chi connectivity index (χ2v) is 6.47. The molecule has 0 aliphatic rings. The number of non-ortho nitro benzene ring substituents is 1. The monoisotopic (exact) mass is 331 g/mol. The number of hydrogen-bond acceptors (Lipinski definition) is 6. The normalized spacial score (nSPS) is 12.9. The summed E-state index contributed by atoms with van der Waals surface area (Å²) in [4.78, 5) is 9.98. The number of sulfonamides is 1. The van der Waals surface area contributed by atoms with Gasteiger partial charge in [0.25, 0.3) is 5.69 Å². The second-order valence-electron chi connectivity index (χ2n) is 4.79. The Hall–Kier alpha value is -1.71. The molecule has 0 heterocycles. The fourth-order valence-corrected chi connectivity index (χ4v) is 3.38. The summed E-state index contributed by atoms with van der Waals surface area (Å²) in [5.41, 5.74) is 5.35. The van der Waals surface area contributed by atoms with E-state index in [4.69, 9.17) is 10.5 Å². The average Bonchev–Trinajstić information content (AvgIpc) is 2.50. The Morgan fingerprint density at radius 1 is 1.45 bits per heavy atom. The molecule has 0 fully saturated rings. The lowest BCUT2D eigenvalue weighted by atomic mass is 10.1. The van der Waals surface area contributed by atoms with E-state index in [1.165, 1.54) is 7.11 Å². The van der Waals surface area contributed by atoms with Crippen molar-refractivity contribution in [2.24, 2.45) is 5.73 Å². The maximum absolute atomic E-state index is 12.4. The van der Waals surface area contributed by atoms with Crippen LogP contribution in [-0.2, 0) is 10.0 Å². The van der Waals surface area contributed by atoms with Crippen molar-refractivity contribution in [1.29, 1.82) is 0 Å². The van der Waals surface area contributed by atoms with Gasteiger partial charge in [-0.1, -0.05) is 19.8 Å². The van der Waals surface area contributed by atoms with E-state index >= 15 is 0 Å². The van der Waals surface area contributed by atoms with Crippen LogP contribution in [0.5, 0.6) is 5.75 Å². The van der Waals surface area contributed by atoms with Crippen molar-refractivity contribution in [3.63, 3.8) is 0 Å². The first-order chi connectivity index (χ1) is 10.4. The molecule has 1 rings (SSSR count). The van der Waals surface area contributed by atoms with Crippen molar-refractivity contribution < 1.29 is 18.1 Å². The van der Waals surface area contributed by atoms with Crippen LogP contribution in [0.4, 0.5) is 5.69 Å². The first-order valence-electron chi connectivity index (χ1n) is 6.90. The minimum Gasteiger partial charge on any atom is -0.495 e. The van der Waals surface area contributed by atoms with E-state index in [0.29, 0.717) is 6.42 Å². The zero-order chi connectivity index (χ0) is 16.8. The van der Waals surface area contributed by atoms with Crippen LogP contribution in [0.1, 0.15) is 26.2 Å². The molecule has 9 heteroatoms. The van der Waals surface area contributed by atoms with E-state index in [0.717, 1.165) is 31.0 Å². The van der Waals surface area contributed by atoms with Crippen molar-refractivity contribution in [1.82, 2.24) is 4.72 Å². The summed E-state index contributed by atoms with van der Waals surface area (Å²) in [5, 5.41) is 10.7. The smallest absolute Gasteiger partial charge is 0.273 e. The molecule has 0 radical (unpaired) electrons. The molecule has 1 aromatic rings. The van der Waals surface area contributed by atoms with E-state index in [-0.39, 0.29) is 28.9 Å². The third kappa shape index (κ3) is 4.65. The Bertz CT molecular complexity index is 618. The highest BCUT2D eigenvalue weighted by Crippen LogP contribution is 2.28. The van der Waals surface area contributed by atoms with Gasteiger partial charge in [0.1, 0.15) is 10.6 Å². The summed E-state index contributed by atoms with van der Waals surface area (Å²) < 4.78 is 32.3. The Morgan fingerprint density at radius 3 is 2.64 bits per heavy atom. The van der Waals surface area contributed by atoms with Gasteiger partial charge in [0.2, 0.25) is 10.0 Å². The first-order valence-corrected chi connectivity index (χ1v) is 8.38. The summed E-state index contributed by atoms with van der Waals surface area (Å²) in [6, 6.07) is 2.98. The number of nitro benzene ring substituents is 1. The summed E-state index contributed by atoms with van der Waals surface area (Å²) >= 11 is 0. The summed E-state index contributed by atoms with van der Waals surface area (Å²) in [6.45, 7) is 2.18. The molecule has 8 nitrogen and oxygen atoms in total. The fourth-order valence-electron chi connectivity index (χ4n) is 1.95. The van der Waals surface area contributed by atoms with Gasteiger partial charge in [-0.15, -0.1) is 0 Å². The van der Waals surface area contributed by atoms with Gasteiger partial charge in [-0.05, 0) is 12.5 Å². The van der Waals surface area contributed by atoms with Crippen molar-refractivity contribution in [2.75, 3.05) is 13.7 Å². The number of ether oxygens (including phenoxy) is 1. The van der Waals surface area contributed by atoms with Crippen molar-refractivity contribution in [3.05, 3.63) is 28.3 Å². The minimum absolute atomic E-state index is 0.0760. The van der Waals surface area contributed by atoms with Crippen molar-refractivity contribution in [3.8, 4) is 5.75 Å². The number of rotatable bonds is 9. The third-order valence-corrected chi connectivity index (χ3v) is 4.72. The zero-order valence-electron chi connectivity index (χ0n) is 12.6. The molecule has 0 saturated carbocycles. The highest BCUT2D eigenvalue weighted by atomic mass is 32.2. The van der Waals surface area contributed by atoms with Gasteiger partial charge < -0.3 is 10.5 Å². The van der Waals surface area contributed by atoms with Crippen LogP contribution in [-0.4, -0.2) is 33.0 Å². The Balaban J connectivity index is 3.08. The van der Waals surface area contributed by atoms with Gasteiger partial charge in [-0.2, -0.15) is 0 Å². The molecule has 1 atom stereocenters. The molecule has 0 aliphatic heterocycles. The summed E-state index contributed by atoms with van der Waals surface area (Å²) in [7, 11) is -2.61. The van der Waals surface area contributed by atoms with E-state index in [1.54, 1.807) is 0 Å². The predicted octanol–water partition coefficient (Wildman–Crippen LogP) is 1.40. The zero-order valence-corrected chi connectivity index (χ0v) is 13.4. The molecule has 1 aromatic carbocycles. The van der Waals surface area contributed by atoms with Crippen LogP contribution in [0, 0.1) is 10.1 Å². The average molecular weight is 331 g/mol. The molecule has 1 unspecified atom stereocenters. The molecule has 3 N–H and O–H groups in total. The van der Waals surface area contributed by atoms with Crippen LogP contribution in [0.15, 0.2) is 23.1 Å². The number of benzene rings is 1. The SMILES string of the molecule is CCCCC(CN)NS(=O)(=O)c1ccc([N+](=O)[O-])cc1OC. The van der Waals surface area contributed by atoms with E-state index < -0.39 is 14.9 Å². The highest BCUT2D eigenvalue weighted by molar-refractivity contribution is 7.89. The van der Waals surface area contributed by atoms with E-state index in [1.807, 2.05) is 6.92 Å². The lowest BCUT2D eigenvalue weighted by Gasteiger charge is -2.17. The molecule has 124 valence electrons. The number of unbranched alkanes of at least 4 members (excludes halogenated alkanes) is 1. The van der Waals surface area contributed by atoms with Crippen LogP contribution in [0.3, 0.4) is 0 Å². The molecular weight excluding hydrogens is 310 g/mol. The van der Waals surface area contributed by atoms with Gasteiger partial charge in [0, 0.05) is 18.7 Å². The third-order valence-electron chi connectivity index (χ3n) is 3.16. The second kappa shape index (κ2) is 8.06. The number of methoxy groups -OCH3 is 1. The summed E-state index contributed by atoms with van der Waals surface area (Å²) in [6.07, 6.45) is 2.41. The Morgan fingerprint density at radius 2 is 2.14 bits per heavy atom. The van der Waals surface area contributed by atoms with Crippen LogP contribution >= 0.6 is 0 Å². The topological polar surface area (TPSA) is 125 Å². The Kier molecular flexibility index (Phi) is 6.72. The molecule has 0 aromatic heterocycles. The number of nitrogens with one attached hydrogen (secondary N) is 1. The van der Waals surface area contributed by atoms with Gasteiger partial charge in [-0.25, -0.2) is 13.1 Å². The number of nitrogens with two attached hydrogens (primary N) is 1. The quantitative estimate of drug-likeness (QED) is 0.520. The van der Waals surface area contributed by atoms with Crippen LogP contribution < -0.4 is 15.2 Å². The highest BCUT2D eigenvalue weighted by Gasteiger charge is 2.24. The standard InChI is InChI=1S/C13H21N3O5S/c1-3-4-5-10(9-14)15-22(19,20)13-7-6-11(16(17)18)8-12(13)21-2/h6-8,10,15H,3-5,9,14H2,1-2H3. The maximum Gasteiger partial charge on any atom is 0.273 e. The van der Waals surface area contributed by atoms with Gasteiger partial charge >= 0.3 is 0 Å². The van der Waals surface area contributed by atoms with Gasteiger partial charge in [0.05, 0.1) is 18.1 Å². The minimum atomic E-state index is -3.86. The largest absolute Gasteiger partial charge is 0.495 e. The van der Waals surface area contributed by atoms with Gasteiger partial charge in [0.15, 0.2) is 0 Å². The number of nitro groups is 1. The van der Waals surface area contributed by atoms with E-state index in [2.05, 4.69) is 4.72 Å². The maximum atomic E-state index is 12.4. The van der Waals surface area contributed by atoms with Crippen LogP contribution in [0.25, 0.3) is 0 Å². The molecule has 0 saturated heterocycles. The molecule has 0 spiro atoms. The Labute approximate surface area is 129 Å². The first kappa shape index (κ1) is 18.3. The lowest BCUT2D eigenvalue weighted by molar-refractivity contribution is -0.385. The molecule has 0 bridgehead atoms.